The van der Waals surface area contributed by atoms with Gasteiger partial charge < -0.3 is 59.6 Å². The van der Waals surface area contributed by atoms with Gasteiger partial charge in [0, 0.05) is 11.1 Å². The Kier molecular flexibility index (Phi) is 39.0. The summed E-state index contributed by atoms with van der Waals surface area (Å²) in [6.45, 7) is 30.4. The van der Waals surface area contributed by atoms with E-state index < -0.39 is 110 Å². The summed E-state index contributed by atoms with van der Waals surface area (Å²) in [5.74, 6) is -0.354. The van der Waals surface area contributed by atoms with Crippen molar-refractivity contribution in [3.05, 3.63) is 157 Å². The van der Waals surface area contributed by atoms with E-state index in [0.29, 0.717) is 64.6 Å². The third-order valence-electron chi connectivity index (χ3n) is 20.9. The first kappa shape index (κ1) is 113. The first-order chi connectivity index (χ1) is 55.9. The molecule has 1 aliphatic heterocycles. The van der Waals surface area contributed by atoms with Crippen molar-refractivity contribution in [1.82, 2.24) is 0 Å². The van der Waals surface area contributed by atoms with Gasteiger partial charge in [0.25, 0.3) is 16.8 Å². The molecule has 698 valence electrons. The number of aromatic hydroxyl groups is 3. The van der Waals surface area contributed by atoms with Gasteiger partial charge in [-0.05, 0) is 244 Å². The number of ether oxygens (including phenoxy) is 5. The van der Waals surface area contributed by atoms with Gasteiger partial charge in [0.05, 0.1) is 21.7 Å². The van der Waals surface area contributed by atoms with Crippen LogP contribution >= 0.6 is 0 Å². The highest BCUT2D eigenvalue weighted by Crippen LogP contribution is 2.55. The maximum Gasteiger partial charge on any atom is 0.430 e. The number of phenolic OH excluding ortho intramolecular Hbond substituents is 3. The van der Waals surface area contributed by atoms with Gasteiger partial charge in [-0.1, -0.05) is 117 Å². The van der Waals surface area contributed by atoms with Crippen molar-refractivity contribution >= 4 is 46.4 Å². The predicted octanol–water partition coefficient (Wildman–Crippen LogP) is 24.1. The summed E-state index contributed by atoms with van der Waals surface area (Å²) in [7, 11) is -0.0829. The fourth-order valence-electron chi connectivity index (χ4n) is 9.70. The minimum atomic E-state index is -6.06. The summed E-state index contributed by atoms with van der Waals surface area (Å²) in [5.41, 5.74) is -27.9. The van der Waals surface area contributed by atoms with Gasteiger partial charge in [-0.15, -0.1) is 0 Å². The number of phenols is 3. The number of carbonyl (C=O) groups is 5. The number of esters is 4. The van der Waals surface area contributed by atoms with Crippen molar-refractivity contribution in [3.63, 3.8) is 0 Å². The minimum Gasteiger partial charge on any atom is -0.508 e. The van der Waals surface area contributed by atoms with Crippen LogP contribution in [0.5, 0.6) is 34.5 Å². The Morgan fingerprint density at radius 2 is 0.613 bits per heavy atom. The number of amides is 1. The lowest BCUT2D eigenvalue weighted by Crippen LogP contribution is -2.70. The van der Waals surface area contributed by atoms with E-state index >= 15 is 0 Å². The van der Waals surface area contributed by atoms with Crippen LogP contribution in [0.15, 0.2) is 166 Å². The minimum absolute atomic E-state index is 0.00399. The molecule has 6 aromatic rings. The Morgan fingerprint density at radius 1 is 0.355 bits per heavy atom. The van der Waals surface area contributed by atoms with Crippen LogP contribution in [0.4, 0.5) is 84.7 Å². The molecule has 1 heterocycles. The summed E-state index contributed by atoms with van der Waals surface area (Å²) >= 11 is 0. The van der Waals surface area contributed by atoms with E-state index in [2.05, 4.69) is 88.0 Å². The molecule has 0 spiro atoms. The van der Waals surface area contributed by atoms with Crippen molar-refractivity contribution in [2.45, 2.75) is 289 Å². The molecule has 6 aromatic carbocycles. The predicted molar refractivity (Wildman–Crippen MR) is 431 cm³/mol. The van der Waals surface area contributed by atoms with Gasteiger partial charge in [-0.25, -0.2) is 0 Å². The first-order valence-electron chi connectivity index (χ1n) is 38.7. The number of alkyl halides is 18. The van der Waals surface area contributed by atoms with E-state index in [1.54, 1.807) is 48.5 Å². The largest absolute Gasteiger partial charge is 0.508 e. The number of nitrogens with one attached hydrogen (secondary N) is 1. The van der Waals surface area contributed by atoms with Gasteiger partial charge >= 0.3 is 60.9 Å². The van der Waals surface area contributed by atoms with Gasteiger partial charge in [-0.2, -0.15) is 79.0 Å². The highest BCUT2D eigenvalue weighted by molar-refractivity contribution is 7.97. The van der Waals surface area contributed by atoms with Crippen molar-refractivity contribution in [3.8, 4) is 34.5 Å². The zero-order valence-corrected chi connectivity index (χ0v) is 74.0. The molecular formula is C88H114F18NO16S+. The lowest BCUT2D eigenvalue weighted by atomic mass is 9.83. The second-order valence-electron chi connectivity index (χ2n) is 33.4. The van der Waals surface area contributed by atoms with Crippen molar-refractivity contribution in [1.29, 1.82) is 0 Å². The Bertz CT molecular complexity index is 4040. The Morgan fingerprint density at radius 3 is 0.887 bits per heavy atom. The monoisotopic (exact) mass is 1810 g/mol. The van der Waals surface area contributed by atoms with E-state index in [9.17, 15) is 118 Å². The van der Waals surface area contributed by atoms with Crippen LogP contribution in [-0.2, 0) is 49.1 Å². The zero-order valence-electron chi connectivity index (χ0n) is 73.2. The quantitative estimate of drug-likeness (QED) is 0.00880. The summed E-state index contributed by atoms with van der Waals surface area (Å²) in [5, 5.41) is 57.8. The van der Waals surface area contributed by atoms with Crippen LogP contribution in [0.25, 0.3) is 0 Å². The Labute approximate surface area is 713 Å². The topological polar surface area (TPSA) is 265 Å². The van der Waals surface area contributed by atoms with Crippen LogP contribution in [0.1, 0.15) is 209 Å². The third kappa shape index (κ3) is 28.7. The smallest absolute Gasteiger partial charge is 0.430 e. The fraction of sp³-hybridized carbons (Fsp3) is 0.534. The second-order valence-corrected chi connectivity index (χ2v) is 35.4. The van der Waals surface area contributed by atoms with Crippen LogP contribution in [0, 0.1) is 27.1 Å². The fourth-order valence-corrected chi connectivity index (χ4v) is 11.9. The molecule has 124 heavy (non-hydrogen) atoms. The molecule has 0 aliphatic carbocycles. The number of halogens is 18. The van der Waals surface area contributed by atoms with Crippen LogP contribution in [0.3, 0.4) is 0 Å². The first-order valence-corrected chi connectivity index (χ1v) is 40.0. The molecule has 36 heteroatoms. The van der Waals surface area contributed by atoms with Gasteiger partial charge in [0.1, 0.15) is 33.9 Å². The molecule has 0 saturated heterocycles. The van der Waals surface area contributed by atoms with Crippen molar-refractivity contribution < 1.29 is 157 Å². The van der Waals surface area contributed by atoms with E-state index in [1.165, 1.54) is 94.7 Å². The third-order valence-corrected chi connectivity index (χ3v) is 23.2. The van der Waals surface area contributed by atoms with Gasteiger partial charge in [0.15, 0.2) is 33.2 Å². The molecule has 0 fully saturated rings. The van der Waals surface area contributed by atoms with E-state index in [-0.39, 0.29) is 58.9 Å². The number of hydrogen-bond acceptors (Lipinski definition) is 16. The molecule has 1 unspecified atom stereocenters. The highest BCUT2D eigenvalue weighted by atomic mass is 32.2. The molecule has 1 aliphatic rings. The molecular weight excluding hydrogens is 1700 g/mol. The molecule has 7 rings (SSSR count). The Balaban J connectivity index is 0.000000729. The summed E-state index contributed by atoms with van der Waals surface area (Å²) in [6, 6.07) is 47.3. The molecule has 1 atom stereocenters. The standard InChI is InChI=1S/C18H13OS.3C12H18F6O3.C12H17NO2.C12H16O3.C10H14O/c1-2-8-14(9-3-1)20-17-12-6-4-10-15(17)19-16-11-5-7-13-18(16)20;3*1-6-8(2,3)7(19)21-9(4,5)10(20,11(13,14)15)12(16,17)18;1-4-12(2,3)11(15)13-9-5-7-10(14)8-6-9;1-4-12(2,3)11(14)15-10-7-5-9(13)6-8-10;1-3-8(2)9-4-6-10(11)7-5-9/h1-13H;3*20H,6H2,1-5H3;5-8,14H,4H2,1-3H3,(H,13,15);5-8,13H,4H2,1-3H3;4-8,11H,3H2,1-2H3/q+1;;;;;;. The van der Waals surface area contributed by atoms with Gasteiger partial charge in [-0.3, -0.25) is 24.0 Å². The number of para-hydroxylation sites is 2. The van der Waals surface area contributed by atoms with Crippen molar-refractivity contribution in [2.24, 2.45) is 27.1 Å². The molecule has 7 N–H and O–H groups in total. The zero-order chi connectivity index (χ0) is 97.1. The van der Waals surface area contributed by atoms with Gasteiger partial charge in [0.2, 0.25) is 15.7 Å². The summed E-state index contributed by atoms with van der Waals surface area (Å²) in [4.78, 5) is 62.5. The number of hydrogen-bond donors (Lipinski definition) is 7. The normalized spacial score (nSPS) is 13.6. The molecule has 0 bridgehead atoms. The van der Waals surface area contributed by atoms with Crippen LogP contribution in [0.2, 0.25) is 0 Å². The average Bonchev–Trinajstić information content (AvgIpc) is 0.737. The lowest BCUT2D eigenvalue weighted by Gasteiger charge is -2.44. The maximum absolute atomic E-state index is 12.8. The number of carbonyl (C=O) groups excluding carboxylic acids is 5. The number of anilines is 1. The number of fused-ring (bicyclic) bond motifs is 2. The van der Waals surface area contributed by atoms with Crippen molar-refractivity contribution in [2.75, 3.05) is 5.32 Å². The number of rotatable bonds is 21. The highest BCUT2D eigenvalue weighted by Gasteiger charge is 2.81. The van der Waals surface area contributed by atoms with E-state index in [0.717, 1.165) is 30.8 Å². The number of aliphatic hydroxyl groups is 3. The lowest BCUT2D eigenvalue weighted by molar-refractivity contribution is -0.408. The molecule has 17 nitrogen and oxygen atoms in total. The Hall–Kier alpha value is -9.16. The van der Waals surface area contributed by atoms with E-state index in [4.69, 9.17) is 24.8 Å². The molecule has 0 radical (unpaired) electrons. The second kappa shape index (κ2) is 42.9. The average molecular weight is 1820 g/mol. The summed E-state index contributed by atoms with van der Waals surface area (Å²) < 4.78 is 254. The molecule has 0 saturated carbocycles. The molecule has 1 amide bonds. The maximum atomic E-state index is 12.8. The van der Waals surface area contributed by atoms with E-state index in [1.807, 2.05) is 77.9 Å². The van der Waals surface area contributed by atoms with Crippen LogP contribution < -0.4 is 14.8 Å². The number of benzene rings is 6. The molecule has 0 aromatic heterocycles. The van der Waals surface area contributed by atoms with Crippen LogP contribution in [-0.4, -0.2) is 131 Å². The summed E-state index contributed by atoms with van der Waals surface area (Å²) in [6.07, 6.45) is -33.3. The SMILES string of the molecule is CCC(C)(C)C(=O)Nc1ccc(O)cc1.CCC(C)(C)C(=O)OC(C)(C)C(O)(C(F)(F)F)C(F)(F)F.CCC(C)(C)C(=O)OC(C)(C)C(O)(C(F)(F)F)C(F)(F)F.CCC(C)(C)C(=O)OC(C)(C)C(O)(C(F)(F)F)C(F)(F)F.CCC(C)(C)C(=O)Oc1ccc(O)cc1.CCC(C)c1ccc(O)cc1.c1ccc([S+]2c3ccccc3Oc3ccccc32)cc1.